The fourth-order valence-electron chi connectivity index (χ4n) is 1.41. The van der Waals surface area contributed by atoms with Crippen LogP contribution in [0.15, 0.2) is 12.3 Å². The van der Waals surface area contributed by atoms with Crippen LogP contribution in [0.1, 0.15) is 13.8 Å². The van der Waals surface area contributed by atoms with E-state index in [1.807, 2.05) is 0 Å². The first-order valence-corrected chi connectivity index (χ1v) is 3.84. The summed E-state index contributed by atoms with van der Waals surface area (Å²) in [6.07, 6.45) is 0. The number of allylic oxidation sites excluding steroid dienone is 1. The molecule has 10 heavy (non-hydrogen) atoms. The second-order valence-corrected chi connectivity index (χ2v) is 2.98. The third-order valence-corrected chi connectivity index (χ3v) is 1.99. The second kappa shape index (κ2) is 3.06. The lowest BCUT2D eigenvalue weighted by atomic mass is 10.2. The van der Waals surface area contributed by atoms with Gasteiger partial charge in [-0.2, -0.15) is 0 Å². The second-order valence-electron chi connectivity index (χ2n) is 2.98. The molecule has 0 radical (unpaired) electrons. The Balaban J connectivity index is 2.47. The molecule has 1 aliphatic heterocycles. The fraction of sp³-hybridized carbons (Fsp3) is 0.750. The normalized spacial score (nSPS) is 26.6. The van der Waals surface area contributed by atoms with Gasteiger partial charge in [0, 0.05) is 31.4 Å². The minimum Gasteiger partial charge on any atom is -0.370 e. The first-order valence-electron chi connectivity index (χ1n) is 3.84. The lowest BCUT2D eigenvalue weighted by molar-refractivity contribution is 0.225. The highest BCUT2D eigenvalue weighted by Crippen LogP contribution is 2.07. The van der Waals surface area contributed by atoms with Gasteiger partial charge in [-0.25, -0.2) is 0 Å². The molecule has 1 aliphatic rings. The van der Waals surface area contributed by atoms with Gasteiger partial charge in [-0.15, -0.1) is 0 Å². The number of nitrogens with one attached hydrogen (secondary N) is 1. The van der Waals surface area contributed by atoms with E-state index in [2.05, 4.69) is 30.6 Å². The van der Waals surface area contributed by atoms with Gasteiger partial charge >= 0.3 is 0 Å². The molecule has 0 aromatic rings. The molecule has 1 heterocycles. The molecule has 0 aliphatic carbocycles. The molecule has 1 N–H and O–H groups in total. The summed E-state index contributed by atoms with van der Waals surface area (Å²) in [5.41, 5.74) is 1.19. The van der Waals surface area contributed by atoms with Gasteiger partial charge in [0.05, 0.1) is 0 Å². The van der Waals surface area contributed by atoms with Crippen molar-refractivity contribution < 1.29 is 0 Å². The highest BCUT2D eigenvalue weighted by Gasteiger charge is 2.15. The van der Waals surface area contributed by atoms with Crippen molar-refractivity contribution in [3.63, 3.8) is 0 Å². The maximum atomic E-state index is 3.93. The van der Waals surface area contributed by atoms with Gasteiger partial charge in [-0.3, -0.25) is 0 Å². The average molecular weight is 140 g/mol. The third kappa shape index (κ3) is 1.51. The van der Waals surface area contributed by atoms with Gasteiger partial charge in [0.1, 0.15) is 0 Å². The van der Waals surface area contributed by atoms with Crippen molar-refractivity contribution in [3.05, 3.63) is 12.3 Å². The van der Waals surface area contributed by atoms with E-state index < -0.39 is 0 Å². The number of rotatable bonds is 1. The van der Waals surface area contributed by atoms with Crippen LogP contribution in [0.5, 0.6) is 0 Å². The summed E-state index contributed by atoms with van der Waals surface area (Å²) in [5, 5.41) is 3.34. The predicted molar refractivity (Wildman–Crippen MR) is 43.9 cm³/mol. The zero-order valence-corrected chi connectivity index (χ0v) is 6.85. The summed E-state index contributed by atoms with van der Waals surface area (Å²) in [5.74, 6) is 0. The van der Waals surface area contributed by atoms with Crippen LogP contribution in [-0.2, 0) is 0 Å². The monoisotopic (exact) mass is 140 g/mol. The molecule has 0 aromatic heterocycles. The Morgan fingerprint density at radius 1 is 1.70 bits per heavy atom. The van der Waals surface area contributed by atoms with Crippen LogP contribution >= 0.6 is 0 Å². The molecule has 0 aromatic carbocycles. The van der Waals surface area contributed by atoms with Crippen LogP contribution in [0.2, 0.25) is 0 Å². The Hall–Kier alpha value is -0.500. The van der Waals surface area contributed by atoms with Gasteiger partial charge in [0.15, 0.2) is 0 Å². The number of nitrogens with zero attached hydrogens (tertiary/aromatic N) is 1. The molecule has 1 saturated heterocycles. The minimum atomic E-state index is 0.617. The first kappa shape index (κ1) is 7.61. The van der Waals surface area contributed by atoms with Gasteiger partial charge in [0.2, 0.25) is 0 Å². The highest BCUT2D eigenvalue weighted by atomic mass is 15.2. The van der Waals surface area contributed by atoms with Crippen molar-refractivity contribution in [2.75, 3.05) is 19.6 Å². The van der Waals surface area contributed by atoms with Crippen LogP contribution in [0.25, 0.3) is 0 Å². The average Bonchev–Trinajstić information content (AvgIpc) is 1.88. The molecule has 0 saturated carbocycles. The molecule has 2 nitrogen and oxygen atoms in total. The van der Waals surface area contributed by atoms with Crippen molar-refractivity contribution in [3.8, 4) is 0 Å². The Morgan fingerprint density at radius 2 is 2.40 bits per heavy atom. The molecule has 2 heteroatoms. The molecule has 0 spiro atoms. The van der Waals surface area contributed by atoms with Crippen molar-refractivity contribution in [1.82, 2.24) is 10.2 Å². The molecule has 1 atom stereocenters. The summed E-state index contributed by atoms with van der Waals surface area (Å²) < 4.78 is 0. The van der Waals surface area contributed by atoms with E-state index in [0.717, 1.165) is 19.6 Å². The first-order chi connectivity index (χ1) is 4.72. The Morgan fingerprint density at radius 3 is 2.80 bits per heavy atom. The van der Waals surface area contributed by atoms with Gasteiger partial charge < -0.3 is 10.2 Å². The van der Waals surface area contributed by atoms with E-state index in [1.165, 1.54) is 5.70 Å². The van der Waals surface area contributed by atoms with E-state index in [-0.39, 0.29) is 0 Å². The topological polar surface area (TPSA) is 15.3 Å². The van der Waals surface area contributed by atoms with Crippen molar-refractivity contribution in [1.29, 1.82) is 0 Å². The van der Waals surface area contributed by atoms with E-state index >= 15 is 0 Å². The van der Waals surface area contributed by atoms with E-state index in [1.54, 1.807) is 0 Å². The summed E-state index contributed by atoms with van der Waals surface area (Å²) in [6.45, 7) is 11.5. The van der Waals surface area contributed by atoms with Crippen molar-refractivity contribution in [2.45, 2.75) is 19.9 Å². The Bertz CT molecular complexity index is 131. The van der Waals surface area contributed by atoms with E-state index in [4.69, 9.17) is 0 Å². The van der Waals surface area contributed by atoms with Crippen LogP contribution in [0, 0.1) is 0 Å². The number of hydrogen-bond acceptors (Lipinski definition) is 2. The lowest BCUT2D eigenvalue weighted by Gasteiger charge is -2.35. The standard InChI is InChI=1S/C8H16N2/c1-7(2)10-5-4-9-6-8(10)3/h8-9H,1,4-6H2,2-3H3/t8-/m1/s1. The van der Waals surface area contributed by atoms with Crippen LogP contribution in [0.4, 0.5) is 0 Å². The molecule has 58 valence electrons. The van der Waals surface area contributed by atoms with Gasteiger partial charge in [0.25, 0.3) is 0 Å². The predicted octanol–water partition coefficient (Wildman–Crippen LogP) is 0.814. The smallest absolute Gasteiger partial charge is 0.0383 e. The maximum Gasteiger partial charge on any atom is 0.0383 e. The minimum absolute atomic E-state index is 0.617. The Kier molecular flexibility index (Phi) is 2.33. The fourth-order valence-corrected chi connectivity index (χ4v) is 1.41. The van der Waals surface area contributed by atoms with Crippen LogP contribution < -0.4 is 5.32 Å². The zero-order valence-electron chi connectivity index (χ0n) is 6.85. The third-order valence-electron chi connectivity index (χ3n) is 1.99. The Labute approximate surface area is 62.9 Å². The number of hydrogen-bond donors (Lipinski definition) is 1. The molecule has 0 amide bonds. The molecular weight excluding hydrogens is 124 g/mol. The maximum absolute atomic E-state index is 3.93. The van der Waals surface area contributed by atoms with E-state index in [0.29, 0.717) is 6.04 Å². The molecule has 0 unspecified atom stereocenters. The molecule has 1 rings (SSSR count). The van der Waals surface area contributed by atoms with E-state index in [9.17, 15) is 0 Å². The van der Waals surface area contributed by atoms with Crippen LogP contribution in [0.3, 0.4) is 0 Å². The van der Waals surface area contributed by atoms with Crippen molar-refractivity contribution >= 4 is 0 Å². The summed E-state index contributed by atoms with van der Waals surface area (Å²) in [7, 11) is 0. The van der Waals surface area contributed by atoms with Crippen LogP contribution in [-0.4, -0.2) is 30.6 Å². The SMILES string of the molecule is C=C(C)N1CCNC[C@H]1C. The zero-order chi connectivity index (χ0) is 7.56. The lowest BCUT2D eigenvalue weighted by Crippen LogP contribution is -2.48. The summed E-state index contributed by atoms with van der Waals surface area (Å²) >= 11 is 0. The molecular formula is C8H16N2. The largest absolute Gasteiger partial charge is 0.370 e. The summed E-state index contributed by atoms with van der Waals surface area (Å²) in [4.78, 5) is 2.34. The van der Waals surface area contributed by atoms with Gasteiger partial charge in [-0.05, 0) is 13.8 Å². The highest BCUT2D eigenvalue weighted by molar-refractivity contribution is 4.94. The molecule has 1 fully saturated rings. The van der Waals surface area contributed by atoms with Crippen molar-refractivity contribution in [2.24, 2.45) is 0 Å². The van der Waals surface area contributed by atoms with Gasteiger partial charge in [-0.1, -0.05) is 6.58 Å². The summed E-state index contributed by atoms with van der Waals surface area (Å²) in [6, 6.07) is 0.617. The molecule has 0 bridgehead atoms. The quantitative estimate of drug-likeness (QED) is 0.580. The number of piperazine rings is 1.